The molecule has 2 heterocycles. The second-order valence-electron chi connectivity index (χ2n) is 2.72. The van der Waals surface area contributed by atoms with Gasteiger partial charge < -0.3 is 5.73 Å². The highest BCUT2D eigenvalue weighted by Crippen LogP contribution is 2.04. The summed E-state index contributed by atoms with van der Waals surface area (Å²) in [5, 5.41) is 3.98. The van der Waals surface area contributed by atoms with Gasteiger partial charge in [-0.05, 0) is 18.2 Å². The predicted molar refractivity (Wildman–Crippen MR) is 57.1 cm³/mol. The molecular formula is C9H9ClN4O. The van der Waals surface area contributed by atoms with Crippen LogP contribution in [0, 0.1) is 0 Å². The summed E-state index contributed by atoms with van der Waals surface area (Å²) >= 11 is 0. The summed E-state index contributed by atoms with van der Waals surface area (Å²) in [6, 6.07) is 5.20. The lowest BCUT2D eigenvalue weighted by Crippen LogP contribution is -2.12. The van der Waals surface area contributed by atoms with E-state index in [0.717, 1.165) is 5.69 Å². The van der Waals surface area contributed by atoms with Crippen molar-refractivity contribution in [3.63, 3.8) is 0 Å². The van der Waals surface area contributed by atoms with Crippen molar-refractivity contribution in [1.29, 1.82) is 0 Å². The number of nitrogens with two attached hydrogens (primary N) is 1. The van der Waals surface area contributed by atoms with Crippen LogP contribution in [-0.2, 0) is 0 Å². The van der Waals surface area contributed by atoms with Crippen molar-refractivity contribution in [2.75, 3.05) is 0 Å². The molecule has 2 N–H and O–H groups in total. The van der Waals surface area contributed by atoms with Crippen LogP contribution < -0.4 is 5.73 Å². The van der Waals surface area contributed by atoms with Gasteiger partial charge in [0.05, 0.1) is 11.9 Å². The van der Waals surface area contributed by atoms with Crippen LogP contribution in [0.5, 0.6) is 0 Å². The van der Waals surface area contributed by atoms with E-state index in [1.807, 2.05) is 6.07 Å². The first kappa shape index (κ1) is 11.2. The zero-order chi connectivity index (χ0) is 9.97. The minimum Gasteiger partial charge on any atom is -0.364 e. The molecule has 0 atom stereocenters. The van der Waals surface area contributed by atoms with E-state index in [2.05, 4.69) is 10.1 Å². The minimum atomic E-state index is -0.535. The fraction of sp³-hybridized carbons (Fsp3) is 0. The number of hydrogen-bond donors (Lipinski definition) is 1. The van der Waals surface area contributed by atoms with Crippen molar-refractivity contribution in [3.8, 4) is 5.69 Å². The minimum absolute atomic E-state index is 0. The Morgan fingerprint density at radius 3 is 2.73 bits per heavy atom. The standard InChI is InChI=1S/C9H8N4O.ClH/c10-9(14)8-3-5-13(12-8)7-2-1-4-11-6-7;/h1-6H,(H2,10,14);1H. The van der Waals surface area contributed by atoms with Crippen molar-refractivity contribution in [2.24, 2.45) is 5.73 Å². The topological polar surface area (TPSA) is 73.8 Å². The maximum atomic E-state index is 10.8. The Labute approximate surface area is 92.3 Å². The third kappa shape index (κ3) is 2.32. The molecule has 2 rings (SSSR count). The number of pyridine rings is 1. The summed E-state index contributed by atoms with van der Waals surface area (Å²) < 4.78 is 1.55. The van der Waals surface area contributed by atoms with E-state index in [4.69, 9.17) is 5.73 Å². The largest absolute Gasteiger partial charge is 0.364 e. The van der Waals surface area contributed by atoms with Gasteiger partial charge in [0, 0.05) is 12.4 Å². The van der Waals surface area contributed by atoms with Gasteiger partial charge in [0.2, 0.25) is 0 Å². The molecule has 2 aromatic heterocycles. The number of aromatic nitrogens is 3. The third-order valence-electron chi connectivity index (χ3n) is 1.75. The number of nitrogens with zero attached hydrogens (tertiary/aromatic N) is 3. The number of amides is 1. The molecule has 0 radical (unpaired) electrons. The van der Waals surface area contributed by atoms with Gasteiger partial charge in [-0.2, -0.15) is 5.10 Å². The van der Waals surface area contributed by atoms with E-state index in [0.29, 0.717) is 0 Å². The first-order valence-electron chi connectivity index (χ1n) is 4.03. The van der Waals surface area contributed by atoms with Crippen molar-refractivity contribution >= 4 is 18.3 Å². The van der Waals surface area contributed by atoms with Crippen LogP contribution in [0.25, 0.3) is 5.69 Å². The van der Waals surface area contributed by atoms with E-state index in [9.17, 15) is 4.79 Å². The molecule has 6 heteroatoms. The van der Waals surface area contributed by atoms with Crippen molar-refractivity contribution < 1.29 is 4.79 Å². The summed E-state index contributed by atoms with van der Waals surface area (Å²) in [6.45, 7) is 0. The van der Waals surface area contributed by atoms with Gasteiger partial charge in [-0.15, -0.1) is 12.4 Å². The number of halogens is 1. The van der Waals surface area contributed by atoms with Crippen LogP contribution in [0.4, 0.5) is 0 Å². The lowest BCUT2D eigenvalue weighted by molar-refractivity contribution is 0.0995. The maximum Gasteiger partial charge on any atom is 0.269 e. The molecule has 0 saturated carbocycles. The molecule has 15 heavy (non-hydrogen) atoms. The van der Waals surface area contributed by atoms with E-state index >= 15 is 0 Å². The van der Waals surface area contributed by atoms with Gasteiger partial charge in [0.25, 0.3) is 5.91 Å². The molecule has 0 aliphatic heterocycles. The van der Waals surface area contributed by atoms with Gasteiger partial charge in [0.15, 0.2) is 0 Å². The zero-order valence-corrected chi connectivity index (χ0v) is 8.52. The van der Waals surface area contributed by atoms with Gasteiger partial charge in [-0.25, -0.2) is 4.68 Å². The van der Waals surface area contributed by atoms with Crippen LogP contribution in [-0.4, -0.2) is 20.7 Å². The molecule has 0 saturated heterocycles. The van der Waals surface area contributed by atoms with E-state index in [-0.39, 0.29) is 18.1 Å². The van der Waals surface area contributed by atoms with Crippen LogP contribution in [0.3, 0.4) is 0 Å². The summed E-state index contributed by atoms with van der Waals surface area (Å²) in [4.78, 5) is 14.7. The Bertz CT molecular complexity index is 454. The van der Waals surface area contributed by atoms with Crippen molar-refractivity contribution in [3.05, 3.63) is 42.5 Å². The lowest BCUT2D eigenvalue weighted by Gasteiger charge is -1.97. The molecule has 0 fully saturated rings. The predicted octanol–water partition coefficient (Wildman–Crippen LogP) is 0.788. The highest BCUT2D eigenvalue weighted by molar-refractivity contribution is 5.90. The summed E-state index contributed by atoms with van der Waals surface area (Å²) in [5.74, 6) is -0.535. The smallest absolute Gasteiger partial charge is 0.269 e. The Kier molecular flexibility index (Phi) is 3.41. The molecule has 2 aromatic rings. The average molecular weight is 225 g/mol. The van der Waals surface area contributed by atoms with Gasteiger partial charge in [-0.3, -0.25) is 9.78 Å². The van der Waals surface area contributed by atoms with E-state index < -0.39 is 5.91 Å². The van der Waals surface area contributed by atoms with Gasteiger partial charge in [-0.1, -0.05) is 0 Å². The van der Waals surface area contributed by atoms with Gasteiger partial charge >= 0.3 is 0 Å². The zero-order valence-electron chi connectivity index (χ0n) is 7.70. The fourth-order valence-electron chi connectivity index (χ4n) is 1.09. The number of hydrogen-bond acceptors (Lipinski definition) is 3. The lowest BCUT2D eigenvalue weighted by atomic mass is 10.4. The van der Waals surface area contributed by atoms with Crippen molar-refractivity contribution in [2.45, 2.75) is 0 Å². The summed E-state index contributed by atoms with van der Waals surface area (Å²) in [5.41, 5.74) is 6.11. The Morgan fingerprint density at radius 2 is 2.20 bits per heavy atom. The second kappa shape index (κ2) is 4.56. The molecule has 0 spiro atoms. The highest BCUT2D eigenvalue weighted by Gasteiger charge is 2.04. The molecule has 78 valence electrons. The van der Waals surface area contributed by atoms with E-state index in [1.165, 1.54) is 0 Å². The summed E-state index contributed by atoms with van der Waals surface area (Å²) in [7, 11) is 0. The van der Waals surface area contributed by atoms with Gasteiger partial charge in [0.1, 0.15) is 5.69 Å². The van der Waals surface area contributed by atoms with Crippen LogP contribution in [0.2, 0.25) is 0 Å². The Morgan fingerprint density at radius 1 is 1.40 bits per heavy atom. The summed E-state index contributed by atoms with van der Waals surface area (Å²) in [6.07, 6.45) is 4.98. The molecular weight excluding hydrogens is 216 g/mol. The van der Waals surface area contributed by atoms with E-state index in [1.54, 1.807) is 35.4 Å². The molecule has 0 unspecified atom stereocenters. The number of carbonyl (C=O) groups is 1. The first-order valence-corrected chi connectivity index (χ1v) is 4.03. The second-order valence-corrected chi connectivity index (χ2v) is 2.72. The molecule has 1 amide bonds. The van der Waals surface area contributed by atoms with Crippen LogP contribution >= 0.6 is 12.4 Å². The monoisotopic (exact) mass is 224 g/mol. The third-order valence-corrected chi connectivity index (χ3v) is 1.75. The number of primary amides is 1. The number of rotatable bonds is 2. The fourth-order valence-corrected chi connectivity index (χ4v) is 1.09. The first-order chi connectivity index (χ1) is 6.77. The SMILES string of the molecule is Cl.NC(=O)c1ccn(-c2cccnc2)n1. The average Bonchev–Trinajstić information content (AvgIpc) is 2.68. The van der Waals surface area contributed by atoms with Crippen molar-refractivity contribution in [1.82, 2.24) is 14.8 Å². The maximum absolute atomic E-state index is 10.8. The molecule has 0 aliphatic rings. The van der Waals surface area contributed by atoms with Crippen LogP contribution in [0.1, 0.15) is 10.5 Å². The molecule has 0 aliphatic carbocycles. The number of carbonyl (C=O) groups excluding carboxylic acids is 1. The quantitative estimate of drug-likeness (QED) is 0.820. The normalized spacial score (nSPS) is 9.33. The molecule has 0 bridgehead atoms. The Balaban J connectivity index is 0.00000112. The Hall–Kier alpha value is -1.88. The van der Waals surface area contributed by atoms with Crippen LogP contribution in [0.15, 0.2) is 36.8 Å². The molecule has 0 aromatic carbocycles. The highest BCUT2D eigenvalue weighted by atomic mass is 35.5. The molecule has 5 nitrogen and oxygen atoms in total.